The molecule has 0 aliphatic carbocycles. The molecule has 2 N–H and O–H groups in total. The van der Waals surface area contributed by atoms with Crippen molar-refractivity contribution >= 4 is 12.3 Å². The van der Waals surface area contributed by atoms with Crippen LogP contribution in [0.2, 0.25) is 0 Å². The lowest BCUT2D eigenvalue weighted by Gasteiger charge is -2.22. The smallest absolute Gasteiger partial charge is 0.240 e. The zero-order chi connectivity index (χ0) is 15.8. The van der Waals surface area contributed by atoms with Crippen LogP contribution in [-0.4, -0.2) is 43.9 Å². The number of carbonyl (C=O) groups is 2. The monoisotopic (exact) mass is 303 g/mol. The normalized spacial score (nSPS) is 15.7. The van der Waals surface area contributed by atoms with Gasteiger partial charge in [0.05, 0.1) is 6.54 Å². The Kier molecular flexibility index (Phi) is 6.55. The number of amides is 2. The Bertz CT molecular complexity index is 481. The summed E-state index contributed by atoms with van der Waals surface area (Å²) in [6.45, 7) is 3.18. The van der Waals surface area contributed by atoms with Crippen LogP contribution in [-0.2, 0) is 22.6 Å². The van der Waals surface area contributed by atoms with E-state index in [1.54, 1.807) is 0 Å². The van der Waals surface area contributed by atoms with E-state index in [-0.39, 0.29) is 12.5 Å². The fourth-order valence-electron chi connectivity index (χ4n) is 2.92. The molecule has 0 aromatic heterocycles. The van der Waals surface area contributed by atoms with E-state index in [2.05, 4.69) is 34.9 Å². The van der Waals surface area contributed by atoms with Gasteiger partial charge in [0.15, 0.2) is 0 Å². The highest BCUT2D eigenvalue weighted by Gasteiger charge is 2.13. The van der Waals surface area contributed by atoms with Crippen LogP contribution >= 0.6 is 0 Å². The summed E-state index contributed by atoms with van der Waals surface area (Å²) < 4.78 is 0. The van der Waals surface area contributed by atoms with Gasteiger partial charge in [-0.3, -0.25) is 19.8 Å². The van der Waals surface area contributed by atoms with Gasteiger partial charge in [-0.2, -0.15) is 0 Å². The summed E-state index contributed by atoms with van der Waals surface area (Å²) in [6.07, 6.45) is 4.10. The molecular weight excluding hydrogens is 278 g/mol. The first-order valence-electron chi connectivity index (χ1n) is 7.87. The lowest BCUT2D eigenvalue weighted by atomic mass is 9.91. The number of imide groups is 1. The molecule has 5 nitrogen and oxygen atoms in total. The zero-order valence-corrected chi connectivity index (χ0v) is 13.2. The number of likely N-dealkylation sites (N-methyl/N-ethyl adjacent to an activating group) is 1. The molecule has 1 heterocycles. The number of piperidine rings is 1. The summed E-state index contributed by atoms with van der Waals surface area (Å²) in [5.74, 6) is 0.516. The highest BCUT2D eigenvalue weighted by Crippen LogP contribution is 2.18. The molecule has 0 spiro atoms. The summed E-state index contributed by atoms with van der Waals surface area (Å²) in [4.78, 5) is 23.4. The Balaban J connectivity index is 1.80. The van der Waals surface area contributed by atoms with Gasteiger partial charge in [-0.1, -0.05) is 24.3 Å². The summed E-state index contributed by atoms with van der Waals surface area (Å²) in [7, 11) is 1.87. The number of hydrogen-bond acceptors (Lipinski definition) is 4. The lowest BCUT2D eigenvalue weighted by Crippen LogP contribution is -2.34. The number of nitrogens with zero attached hydrogens (tertiary/aromatic N) is 1. The predicted octanol–water partition coefficient (Wildman–Crippen LogP) is 0.933. The Morgan fingerprint density at radius 2 is 1.91 bits per heavy atom. The van der Waals surface area contributed by atoms with Crippen LogP contribution in [0.15, 0.2) is 24.3 Å². The fraction of sp³-hybridized carbons (Fsp3) is 0.529. The van der Waals surface area contributed by atoms with Gasteiger partial charge < -0.3 is 5.32 Å². The third kappa shape index (κ3) is 5.58. The number of carbonyl (C=O) groups excluding carboxylic acids is 2. The molecule has 2 amide bonds. The molecule has 120 valence electrons. The maximum absolute atomic E-state index is 11.3. The van der Waals surface area contributed by atoms with Crippen LogP contribution in [0.5, 0.6) is 0 Å². The standard InChI is InChI=1S/C17H25N3O2/c1-20(12-17(22)19-13-21)11-16-4-2-14(3-5-16)10-15-6-8-18-9-7-15/h2-5,13,15,18H,6-12H2,1H3,(H,19,21,22). The molecule has 22 heavy (non-hydrogen) atoms. The van der Waals surface area contributed by atoms with Crippen molar-refractivity contribution in [2.45, 2.75) is 25.8 Å². The minimum atomic E-state index is -0.278. The van der Waals surface area contributed by atoms with Gasteiger partial charge >= 0.3 is 0 Å². The topological polar surface area (TPSA) is 61.4 Å². The van der Waals surface area contributed by atoms with Gasteiger partial charge in [0.1, 0.15) is 0 Å². The third-order valence-corrected chi connectivity index (χ3v) is 4.09. The van der Waals surface area contributed by atoms with Crippen molar-refractivity contribution in [1.29, 1.82) is 0 Å². The number of rotatable bonds is 7. The Morgan fingerprint density at radius 3 is 2.55 bits per heavy atom. The Labute approximate surface area is 132 Å². The molecule has 1 aromatic rings. The summed E-state index contributed by atoms with van der Waals surface area (Å²) in [5.41, 5.74) is 2.56. The van der Waals surface area contributed by atoms with Crippen LogP contribution in [0.4, 0.5) is 0 Å². The zero-order valence-electron chi connectivity index (χ0n) is 13.2. The van der Waals surface area contributed by atoms with E-state index in [0.717, 1.165) is 25.4 Å². The first-order chi connectivity index (χ1) is 10.7. The maximum Gasteiger partial charge on any atom is 0.240 e. The first-order valence-corrected chi connectivity index (χ1v) is 7.87. The quantitative estimate of drug-likeness (QED) is 0.736. The van der Waals surface area contributed by atoms with Crippen LogP contribution in [0, 0.1) is 5.92 Å². The molecule has 0 unspecified atom stereocenters. The van der Waals surface area contributed by atoms with Crippen molar-refractivity contribution in [2.24, 2.45) is 5.92 Å². The van der Waals surface area contributed by atoms with E-state index >= 15 is 0 Å². The van der Waals surface area contributed by atoms with Crippen molar-refractivity contribution in [2.75, 3.05) is 26.7 Å². The second-order valence-corrected chi connectivity index (χ2v) is 6.07. The van der Waals surface area contributed by atoms with Gasteiger partial charge in [0.25, 0.3) is 0 Å². The minimum Gasteiger partial charge on any atom is -0.317 e. The molecule has 2 rings (SSSR count). The average molecular weight is 303 g/mol. The fourth-order valence-corrected chi connectivity index (χ4v) is 2.92. The van der Waals surface area contributed by atoms with Gasteiger partial charge in [0.2, 0.25) is 12.3 Å². The van der Waals surface area contributed by atoms with Gasteiger partial charge in [0, 0.05) is 6.54 Å². The molecule has 5 heteroatoms. The molecule has 1 aliphatic heterocycles. The predicted molar refractivity (Wildman–Crippen MR) is 86.3 cm³/mol. The molecule has 0 bridgehead atoms. The molecule has 1 saturated heterocycles. The van der Waals surface area contributed by atoms with Gasteiger partial charge in [-0.15, -0.1) is 0 Å². The molecular formula is C17H25N3O2. The molecule has 0 radical (unpaired) electrons. The second-order valence-electron chi connectivity index (χ2n) is 6.07. The Hall–Kier alpha value is -1.72. The third-order valence-electron chi connectivity index (χ3n) is 4.09. The van der Waals surface area contributed by atoms with Crippen LogP contribution in [0.1, 0.15) is 24.0 Å². The summed E-state index contributed by atoms with van der Waals surface area (Å²) in [6, 6.07) is 8.64. The largest absolute Gasteiger partial charge is 0.317 e. The molecule has 1 aliphatic rings. The van der Waals surface area contributed by atoms with Crippen LogP contribution in [0.3, 0.4) is 0 Å². The summed E-state index contributed by atoms with van der Waals surface area (Å²) in [5, 5.41) is 5.55. The Morgan fingerprint density at radius 1 is 1.27 bits per heavy atom. The molecule has 1 aromatic carbocycles. The van der Waals surface area contributed by atoms with Crippen molar-refractivity contribution in [3.8, 4) is 0 Å². The van der Waals surface area contributed by atoms with Crippen molar-refractivity contribution < 1.29 is 9.59 Å². The lowest BCUT2D eigenvalue weighted by molar-refractivity contribution is -0.125. The highest BCUT2D eigenvalue weighted by atomic mass is 16.2. The average Bonchev–Trinajstić information content (AvgIpc) is 2.50. The first kappa shape index (κ1) is 16.6. The molecule has 1 fully saturated rings. The van der Waals surface area contributed by atoms with Crippen molar-refractivity contribution in [3.05, 3.63) is 35.4 Å². The van der Waals surface area contributed by atoms with Crippen LogP contribution in [0.25, 0.3) is 0 Å². The molecule has 0 saturated carbocycles. The van der Waals surface area contributed by atoms with Crippen LogP contribution < -0.4 is 10.6 Å². The van der Waals surface area contributed by atoms with E-state index in [1.165, 1.54) is 24.0 Å². The minimum absolute atomic E-state index is 0.218. The number of nitrogens with one attached hydrogen (secondary N) is 2. The second kappa shape index (κ2) is 8.66. The van der Waals surface area contributed by atoms with E-state index in [1.807, 2.05) is 11.9 Å². The highest BCUT2D eigenvalue weighted by molar-refractivity contribution is 5.87. The maximum atomic E-state index is 11.3. The summed E-state index contributed by atoms with van der Waals surface area (Å²) >= 11 is 0. The van der Waals surface area contributed by atoms with E-state index in [0.29, 0.717) is 13.0 Å². The van der Waals surface area contributed by atoms with Crippen molar-refractivity contribution in [3.63, 3.8) is 0 Å². The van der Waals surface area contributed by atoms with E-state index in [9.17, 15) is 9.59 Å². The number of hydrogen-bond donors (Lipinski definition) is 2. The van der Waals surface area contributed by atoms with Crippen molar-refractivity contribution in [1.82, 2.24) is 15.5 Å². The number of benzene rings is 1. The van der Waals surface area contributed by atoms with Gasteiger partial charge in [-0.05, 0) is 56.4 Å². The van der Waals surface area contributed by atoms with E-state index < -0.39 is 0 Å². The van der Waals surface area contributed by atoms with Gasteiger partial charge in [-0.25, -0.2) is 0 Å². The SMILES string of the molecule is CN(CC(=O)NC=O)Cc1ccc(CC2CCNCC2)cc1. The molecule has 0 atom stereocenters. The van der Waals surface area contributed by atoms with E-state index in [4.69, 9.17) is 0 Å².